The summed E-state index contributed by atoms with van der Waals surface area (Å²) >= 11 is 1.83. The Hall–Kier alpha value is -0.650. The Morgan fingerprint density at radius 3 is 2.59 bits per heavy atom. The van der Waals surface area contributed by atoms with E-state index >= 15 is 0 Å². The van der Waals surface area contributed by atoms with Crippen LogP contribution in [0.1, 0.15) is 17.5 Å². The lowest BCUT2D eigenvalue weighted by Gasteiger charge is -2.33. The van der Waals surface area contributed by atoms with Crippen LogP contribution in [0.4, 0.5) is 5.13 Å². The van der Waals surface area contributed by atoms with Gasteiger partial charge in [0, 0.05) is 37.6 Å². The minimum atomic E-state index is 0.929. The van der Waals surface area contributed by atoms with Crippen LogP contribution in [-0.4, -0.2) is 49.7 Å². The maximum Gasteiger partial charge on any atom is 0.185 e. The van der Waals surface area contributed by atoms with Crippen molar-refractivity contribution in [2.75, 3.05) is 44.7 Å². The second kappa shape index (κ2) is 5.80. The van der Waals surface area contributed by atoms with Crippen LogP contribution in [-0.2, 0) is 6.54 Å². The summed E-state index contributed by atoms with van der Waals surface area (Å²) in [7, 11) is 1.98. The van der Waals surface area contributed by atoms with E-state index in [0.717, 1.165) is 39.3 Å². The minimum Gasteiger partial charge on any atom is -0.346 e. The van der Waals surface area contributed by atoms with Crippen molar-refractivity contribution in [3.8, 4) is 0 Å². The van der Waals surface area contributed by atoms with Crippen molar-refractivity contribution >= 4 is 16.5 Å². The molecule has 1 N–H and O–H groups in total. The molecule has 0 bridgehead atoms. The first kappa shape index (κ1) is 12.8. The fraction of sp³-hybridized carbons (Fsp3) is 0.750. The third-order valence-electron chi connectivity index (χ3n) is 3.31. The van der Waals surface area contributed by atoms with Crippen LogP contribution in [0.5, 0.6) is 0 Å². The highest BCUT2D eigenvalue weighted by atomic mass is 32.1. The predicted molar refractivity (Wildman–Crippen MR) is 73.9 cm³/mol. The van der Waals surface area contributed by atoms with Gasteiger partial charge in [0.2, 0.25) is 0 Å². The Labute approximate surface area is 108 Å². The van der Waals surface area contributed by atoms with Crippen molar-refractivity contribution < 1.29 is 0 Å². The molecule has 0 atom stereocenters. The van der Waals surface area contributed by atoms with Crippen LogP contribution in [0.15, 0.2) is 0 Å². The van der Waals surface area contributed by atoms with Gasteiger partial charge in [0.1, 0.15) is 0 Å². The average molecular weight is 254 g/mol. The molecule has 4 nitrogen and oxygen atoms in total. The smallest absolute Gasteiger partial charge is 0.185 e. The fourth-order valence-electron chi connectivity index (χ4n) is 2.13. The topological polar surface area (TPSA) is 31.4 Å². The van der Waals surface area contributed by atoms with Crippen molar-refractivity contribution in [1.29, 1.82) is 0 Å². The van der Waals surface area contributed by atoms with Gasteiger partial charge in [-0.15, -0.1) is 11.3 Å². The van der Waals surface area contributed by atoms with Crippen LogP contribution in [0.2, 0.25) is 0 Å². The zero-order valence-electron chi connectivity index (χ0n) is 11.0. The fourth-order valence-corrected chi connectivity index (χ4v) is 3.25. The molecule has 17 heavy (non-hydrogen) atoms. The molecule has 0 aliphatic carbocycles. The van der Waals surface area contributed by atoms with Crippen LogP contribution >= 0.6 is 11.3 Å². The summed E-state index contributed by atoms with van der Waals surface area (Å²) in [6, 6.07) is 0. The maximum atomic E-state index is 4.69. The largest absolute Gasteiger partial charge is 0.346 e. The van der Waals surface area contributed by atoms with E-state index in [1.165, 1.54) is 15.7 Å². The predicted octanol–water partition coefficient (Wildman–Crippen LogP) is 1.31. The van der Waals surface area contributed by atoms with E-state index < -0.39 is 0 Å². The van der Waals surface area contributed by atoms with Crippen molar-refractivity contribution in [2.45, 2.75) is 20.4 Å². The Morgan fingerprint density at radius 1 is 1.29 bits per heavy atom. The van der Waals surface area contributed by atoms with Crippen molar-refractivity contribution in [3.63, 3.8) is 0 Å². The highest BCUT2D eigenvalue weighted by molar-refractivity contribution is 7.15. The molecule has 0 unspecified atom stereocenters. The number of aryl methyl sites for hydroxylation is 1. The molecule has 0 amide bonds. The number of nitrogens with zero attached hydrogens (tertiary/aromatic N) is 3. The molecule has 1 saturated heterocycles. The number of thiazole rings is 1. The van der Waals surface area contributed by atoms with E-state index in [1.807, 2.05) is 18.4 Å². The lowest BCUT2D eigenvalue weighted by atomic mass is 10.3. The SMILES string of the molecule is CCN1CCN(c2nc(C)c(CNC)s2)CC1. The van der Waals surface area contributed by atoms with Gasteiger partial charge >= 0.3 is 0 Å². The van der Waals surface area contributed by atoms with Crippen LogP contribution < -0.4 is 10.2 Å². The molecule has 0 spiro atoms. The van der Waals surface area contributed by atoms with E-state index in [2.05, 4.69) is 33.9 Å². The van der Waals surface area contributed by atoms with Crippen molar-refractivity contribution in [2.24, 2.45) is 0 Å². The van der Waals surface area contributed by atoms with Gasteiger partial charge in [-0.3, -0.25) is 0 Å². The van der Waals surface area contributed by atoms with Gasteiger partial charge < -0.3 is 15.1 Å². The molecule has 1 aliphatic rings. The summed E-state index contributed by atoms with van der Waals surface area (Å²) in [5.41, 5.74) is 1.18. The maximum absolute atomic E-state index is 4.69. The highest BCUT2D eigenvalue weighted by Crippen LogP contribution is 2.26. The Morgan fingerprint density at radius 2 is 2.00 bits per heavy atom. The molecule has 2 rings (SSSR count). The molecule has 1 aromatic rings. The summed E-state index contributed by atoms with van der Waals surface area (Å²) in [5, 5.41) is 4.40. The number of piperazine rings is 1. The Balaban J connectivity index is 2.00. The molecule has 0 saturated carbocycles. The summed E-state index contributed by atoms with van der Waals surface area (Å²) in [4.78, 5) is 11.0. The highest BCUT2D eigenvalue weighted by Gasteiger charge is 2.19. The number of hydrogen-bond acceptors (Lipinski definition) is 5. The molecule has 0 aromatic carbocycles. The molecule has 5 heteroatoms. The Kier molecular flexibility index (Phi) is 4.36. The first-order chi connectivity index (χ1) is 8.24. The summed E-state index contributed by atoms with van der Waals surface area (Å²) in [5.74, 6) is 0. The molecule has 2 heterocycles. The molecule has 0 radical (unpaired) electrons. The Bertz CT molecular complexity index is 355. The first-order valence-corrected chi connectivity index (χ1v) is 7.14. The van der Waals surface area contributed by atoms with Gasteiger partial charge in [0.25, 0.3) is 0 Å². The summed E-state index contributed by atoms with van der Waals surface area (Å²) in [6.07, 6.45) is 0. The van der Waals surface area contributed by atoms with Crippen LogP contribution in [0.25, 0.3) is 0 Å². The standard InChI is InChI=1S/C12H22N4S/c1-4-15-5-7-16(8-6-15)12-14-10(2)11(17-12)9-13-3/h13H,4-9H2,1-3H3. The normalized spacial score (nSPS) is 17.7. The van der Waals surface area contributed by atoms with Crippen LogP contribution in [0.3, 0.4) is 0 Å². The molecule has 96 valence electrons. The average Bonchev–Trinajstić information content (AvgIpc) is 2.72. The number of aromatic nitrogens is 1. The lowest BCUT2D eigenvalue weighted by molar-refractivity contribution is 0.271. The van der Waals surface area contributed by atoms with E-state index in [4.69, 9.17) is 0 Å². The molecule has 1 fully saturated rings. The molecular formula is C12H22N4S. The number of hydrogen-bond donors (Lipinski definition) is 1. The second-order valence-electron chi connectivity index (χ2n) is 4.46. The van der Waals surface area contributed by atoms with E-state index in [1.54, 1.807) is 0 Å². The summed E-state index contributed by atoms with van der Waals surface area (Å²) < 4.78 is 0. The van der Waals surface area contributed by atoms with E-state index in [-0.39, 0.29) is 0 Å². The molecular weight excluding hydrogens is 232 g/mol. The zero-order chi connectivity index (χ0) is 12.3. The molecule has 1 aliphatic heterocycles. The van der Waals surface area contributed by atoms with Gasteiger partial charge in [-0.05, 0) is 20.5 Å². The minimum absolute atomic E-state index is 0.929. The quantitative estimate of drug-likeness (QED) is 0.878. The number of rotatable bonds is 4. The third-order valence-corrected chi connectivity index (χ3v) is 4.53. The monoisotopic (exact) mass is 254 g/mol. The van der Waals surface area contributed by atoms with Gasteiger partial charge in [0.15, 0.2) is 5.13 Å². The zero-order valence-corrected chi connectivity index (χ0v) is 11.8. The third kappa shape index (κ3) is 2.97. The van der Waals surface area contributed by atoms with E-state index in [9.17, 15) is 0 Å². The lowest BCUT2D eigenvalue weighted by Crippen LogP contribution is -2.46. The van der Waals surface area contributed by atoms with Gasteiger partial charge in [-0.25, -0.2) is 4.98 Å². The second-order valence-corrected chi connectivity index (χ2v) is 5.52. The van der Waals surface area contributed by atoms with E-state index in [0.29, 0.717) is 0 Å². The number of anilines is 1. The number of likely N-dealkylation sites (N-methyl/N-ethyl adjacent to an activating group) is 1. The number of nitrogens with one attached hydrogen (secondary N) is 1. The van der Waals surface area contributed by atoms with Crippen molar-refractivity contribution in [1.82, 2.24) is 15.2 Å². The summed E-state index contributed by atoms with van der Waals surface area (Å²) in [6.45, 7) is 11.0. The molecule has 1 aromatic heterocycles. The van der Waals surface area contributed by atoms with Gasteiger partial charge in [-0.1, -0.05) is 6.92 Å². The van der Waals surface area contributed by atoms with Gasteiger partial charge in [0.05, 0.1) is 5.69 Å². The van der Waals surface area contributed by atoms with Crippen LogP contribution in [0, 0.1) is 6.92 Å². The van der Waals surface area contributed by atoms with Gasteiger partial charge in [-0.2, -0.15) is 0 Å². The van der Waals surface area contributed by atoms with Crippen molar-refractivity contribution in [3.05, 3.63) is 10.6 Å². The first-order valence-electron chi connectivity index (χ1n) is 6.32.